The van der Waals surface area contributed by atoms with E-state index in [0.29, 0.717) is 33.9 Å². The summed E-state index contributed by atoms with van der Waals surface area (Å²) in [6.45, 7) is 3.76. The van der Waals surface area contributed by atoms with Crippen LogP contribution in [0.25, 0.3) is 28.2 Å². The molecule has 9 nitrogen and oxygen atoms in total. The summed E-state index contributed by atoms with van der Waals surface area (Å²) in [6, 6.07) is 9.62. The van der Waals surface area contributed by atoms with Crippen LogP contribution >= 0.6 is 11.6 Å². The van der Waals surface area contributed by atoms with Crippen molar-refractivity contribution in [3.63, 3.8) is 0 Å². The second-order valence-corrected chi connectivity index (χ2v) is 10.3. The van der Waals surface area contributed by atoms with E-state index in [0.717, 1.165) is 29.8 Å². The lowest BCUT2D eigenvalue weighted by molar-refractivity contribution is 0.413. The number of aryl methyl sites for hydroxylation is 2. The van der Waals surface area contributed by atoms with Crippen LogP contribution in [0.2, 0.25) is 5.02 Å². The van der Waals surface area contributed by atoms with Gasteiger partial charge in [0, 0.05) is 23.8 Å². The Morgan fingerprint density at radius 2 is 2.03 bits per heavy atom. The van der Waals surface area contributed by atoms with E-state index in [-0.39, 0.29) is 16.6 Å². The number of fused-ring (bicyclic) bond motifs is 1. The van der Waals surface area contributed by atoms with Gasteiger partial charge in [0.15, 0.2) is 5.65 Å². The first-order valence-electron chi connectivity index (χ1n) is 12.6. The van der Waals surface area contributed by atoms with E-state index in [1.807, 2.05) is 54.4 Å². The Hall–Kier alpha value is -4.18. The quantitative estimate of drug-likeness (QED) is 0.333. The summed E-state index contributed by atoms with van der Waals surface area (Å²) in [5, 5.41) is 0.267. The summed E-state index contributed by atoms with van der Waals surface area (Å²) >= 11 is 6.14. The Balaban J connectivity index is 1.53. The Bertz CT molecular complexity index is 1840. The van der Waals surface area contributed by atoms with Gasteiger partial charge < -0.3 is 14.3 Å². The number of nitrogens with one attached hydrogen (secondary N) is 1. The van der Waals surface area contributed by atoms with Crippen molar-refractivity contribution in [1.82, 2.24) is 28.7 Å². The normalized spacial score (nSPS) is 14.8. The smallest absolute Gasteiger partial charge is 0.281 e. The first-order valence-corrected chi connectivity index (χ1v) is 13.0. The van der Waals surface area contributed by atoms with E-state index in [1.165, 1.54) is 12.1 Å². The first-order chi connectivity index (χ1) is 18.7. The van der Waals surface area contributed by atoms with E-state index in [9.17, 15) is 9.18 Å². The van der Waals surface area contributed by atoms with Gasteiger partial charge in [-0.2, -0.15) is 0 Å². The number of aromatic nitrogens is 6. The predicted octanol–water partition coefficient (Wildman–Crippen LogP) is 4.70. The minimum atomic E-state index is -0.524. The van der Waals surface area contributed by atoms with Gasteiger partial charge >= 0.3 is 0 Å². The SMILES string of the molecule is COc1cc(-c2nc3c([nH]2)c(=O)n(C(C)c2cc(F)cc(Cl)c2)c(=NC2CC2)n3C)ccc1-n1cnc(C)c1. The summed E-state index contributed by atoms with van der Waals surface area (Å²) in [6.07, 6.45) is 5.56. The van der Waals surface area contributed by atoms with Crippen molar-refractivity contribution >= 4 is 22.8 Å². The molecule has 39 heavy (non-hydrogen) atoms. The molecule has 0 bridgehead atoms. The van der Waals surface area contributed by atoms with Crippen molar-refractivity contribution in [3.8, 4) is 22.8 Å². The van der Waals surface area contributed by atoms with E-state index < -0.39 is 11.9 Å². The van der Waals surface area contributed by atoms with Gasteiger partial charge in [0.2, 0.25) is 5.62 Å². The largest absolute Gasteiger partial charge is 0.495 e. The summed E-state index contributed by atoms with van der Waals surface area (Å²) in [4.78, 5) is 31.1. The molecule has 1 atom stereocenters. The van der Waals surface area contributed by atoms with Crippen LogP contribution in [0.15, 0.2) is 58.7 Å². The molecule has 1 aliphatic rings. The monoisotopic (exact) mass is 547 g/mol. The number of halogens is 2. The van der Waals surface area contributed by atoms with Crippen molar-refractivity contribution in [3.05, 3.63) is 87.0 Å². The maximum atomic E-state index is 14.2. The molecule has 11 heteroatoms. The van der Waals surface area contributed by atoms with Crippen LogP contribution in [-0.2, 0) is 7.05 Å². The molecule has 1 aliphatic carbocycles. The van der Waals surface area contributed by atoms with Gasteiger partial charge in [-0.25, -0.2) is 19.4 Å². The Kier molecular flexibility index (Phi) is 6.14. The van der Waals surface area contributed by atoms with Crippen LogP contribution in [-0.4, -0.2) is 41.8 Å². The van der Waals surface area contributed by atoms with Crippen LogP contribution in [0.3, 0.4) is 0 Å². The molecule has 1 fully saturated rings. The Morgan fingerprint density at radius 3 is 2.69 bits per heavy atom. The van der Waals surface area contributed by atoms with Gasteiger partial charge in [0.05, 0.1) is 36.9 Å². The van der Waals surface area contributed by atoms with Gasteiger partial charge in [-0.3, -0.25) is 13.9 Å². The number of ether oxygens (including phenoxy) is 1. The predicted molar refractivity (Wildman–Crippen MR) is 147 cm³/mol. The number of hydrogen-bond donors (Lipinski definition) is 1. The zero-order valence-corrected chi connectivity index (χ0v) is 22.7. The molecular formula is C28H27ClFN7O2. The maximum Gasteiger partial charge on any atom is 0.281 e. The number of benzene rings is 2. The second-order valence-electron chi connectivity index (χ2n) is 9.87. The summed E-state index contributed by atoms with van der Waals surface area (Å²) in [7, 11) is 3.44. The fourth-order valence-corrected chi connectivity index (χ4v) is 5.01. The van der Waals surface area contributed by atoms with E-state index in [2.05, 4.69) is 9.97 Å². The van der Waals surface area contributed by atoms with Gasteiger partial charge in [-0.1, -0.05) is 11.6 Å². The zero-order valence-electron chi connectivity index (χ0n) is 21.9. The van der Waals surface area contributed by atoms with Crippen molar-refractivity contribution in [2.24, 2.45) is 12.0 Å². The van der Waals surface area contributed by atoms with Crippen molar-refractivity contribution in [2.45, 2.75) is 38.8 Å². The van der Waals surface area contributed by atoms with Crippen LogP contribution in [0.4, 0.5) is 4.39 Å². The van der Waals surface area contributed by atoms with Gasteiger partial charge in [-0.15, -0.1) is 0 Å². The fourth-order valence-electron chi connectivity index (χ4n) is 4.78. The third-order valence-corrected chi connectivity index (χ3v) is 7.21. The molecule has 1 saturated carbocycles. The molecule has 200 valence electrons. The molecule has 0 radical (unpaired) electrons. The number of rotatable bonds is 6. The summed E-state index contributed by atoms with van der Waals surface area (Å²) in [5.41, 5.74) is 4.02. The lowest BCUT2D eigenvalue weighted by Crippen LogP contribution is -2.42. The minimum Gasteiger partial charge on any atom is -0.495 e. The van der Waals surface area contributed by atoms with Crippen molar-refractivity contribution < 1.29 is 9.13 Å². The molecule has 0 aliphatic heterocycles. The number of H-pyrrole nitrogens is 1. The topological polar surface area (TPSA) is 95.0 Å². The lowest BCUT2D eigenvalue weighted by atomic mass is 10.1. The highest BCUT2D eigenvalue weighted by Gasteiger charge is 2.25. The third-order valence-electron chi connectivity index (χ3n) is 6.99. The zero-order chi connectivity index (χ0) is 27.4. The second kappa shape index (κ2) is 9.53. The van der Waals surface area contributed by atoms with Crippen molar-refractivity contribution in [2.75, 3.05) is 7.11 Å². The number of hydrogen-bond acceptors (Lipinski definition) is 5. The molecule has 2 aromatic carbocycles. The summed E-state index contributed by atoms with van der Waals surface area (Å²) in [5.74, 6) is 0.685. The lowest BCUT2D eigenvalue weighted by Gasteiger charge is -2.18. The van der Waals surface area contributed by atoms with Crippen LogP contribution < -0.4 is 15.9 Å². The van der Waals surface area contributed by atoms with Crippen LogP contribution in [0.1, 0.15) is 37.1 Å². The maximum absolute atomic E-state index is 14.2. The van der Waals surface area contributed by atoms with E-state index in [1.54, 1.807) is 24.1 Å². The molecule has 0 saturated heterocycles. The van der Waals surface area contributed by atoms with Gasteiger partial charge in [-0.05, 0) is 68.7 Å². The highest BCUT2D eigenvalue weighted by molar-refractivity contribution is 6.30. The van der Waals surface area contributed by atoms with Crippen molar-refractivity contribution in [1.29, 1.82) is 0 Å². The highest BCUT2D eigenvalue weighted by Crippen LogP contribution is 2.30. The van der Waals surface area contributed by atoms with E-state index in [4.69, 9.17) is 26.3 Å². The molecule has 3 heterocycles. The average Bonchev–Trinajstić information content (AvgIpc) is 3.44. The molecule has 1 unspecified atom stereocenters. The number of imidazole rings is 2. The molecule has 6 rings (SSSR count). The first kappa shape index (κ1) is 25.1. The molecule has 1 N–H and O–H groups in total. The molecule has 5 aromatic rings. The summed E-state index contributed by atoms with van der Waals surface area (Å²) < 4.78 is 25.2. The Labute approximate surface area is 228 Å². The van der Waals surface area contributed by atoms with Gasteiger partial charge in [0.25, 0.3) is 5.56 Å². The van der Waals surface area contributed by atoms with E-state index >= 15 is 0 Å². The standard InChI is InChI=1S/C28H27ClFN7O2/c1-15-13-36(14-31-15)22-8-5-17(11-23(22)39-4)25-33-24-26(34-25)35(3)28(32-21-6-7-21)37(27(24)38)16(2)18-9-19(29)12-20(30)10-18/h5,8-14,16,21H,6-7H2,1-4H3,(H,33,34). The molecule has 3 aromatic heterocycles. The van der Waals surface area contributed by atoms with Crippen LogP contribution in [0.5, 0.6) is 5.75 Å². The number of nitrogens with zero attached hydrogens (tertiary/aromatic N) is 6. The average molecular weight is 548 g/mol. The van der Waals surface area contributed by atoms with Gasteiger partial charge in [0.1, 0.15) is 22.9 Å². The van der Waals surface area contributed by atoms with Crippen LogP contribution in [0, 0.1) is 12.7 Å². The molecular weight excluding hydrogens is 521 g/mol. The fraction of sp³-hybridized carbons (Fsp3) is 0.286. The third kappa shape index (κ3) is 4.54. The highest BCUT2D eigenvalue weighted by atomic mass is 35.5. The number of methoxy groups -OCH3 is 1. The minimum absolute atomic E-state index is 0.143. The molecule has 0 amide bonds. The Morgan fingerprint density at radius 1 is 1.23 bits per heavy atom. The molecule has 0 spiro atoms. The number of aromatic amines is 1.